The van der Waals surface area contributed by atoms with Crippen molar-refractivity contribution in [2.24, 2.45) is 11.8 Å². The molecular formula is C18H30N2O. The van der Waals surface area contributed by atoms with E-state index in [4.69, 9.17) is 0 Å². The highest BCUT2D eigenvalue weighted by molar-refractivity contribution is 5.54. The van der Waals surface area contributed by atoms with Crippen LogP contribution in [0.25, 0.3) is 0 Å². The van der Waals surface area contributed by atoms with Gasteiger partial charge in [-0.2, -0.15) is 0 Å². The summed E-state index contributed by atoms with van der Waals surface area (Å²) < 4.78 is 0. The van der Waals surface area contributed by atoms with Crippen LogP contribution in [0.1, 0.15) is 52.1 Å². The van der Waals surface area contributed by atoms with Crippen LogP contribution in [0.3, 0.4) is 0 Å². The standard InChI is InChI=1S/C18H30N2O/c1-5-9-19-14(4)17-7-6-16(11-18(17)21)20-10-8-15(12-20)13(2)3/h6-7,11,13-15,19,21H,5,8-10,12H2,1-4H3. The zero-order valence-electron chi connectivity index (χ0n) is 13.9. The predicted octanol–water partition coefficient (Wildman–Crippen LogP) is 3.94. The highest BCUT2D eigenvalue weighted by atomic mass is 16.3. The molecule has 2 atom stereocenters. The van der Waals surface area contributed by atoms with Crippen molar-refractivity contribution >= 4 is 5.69 Å². The highest BCUT2D eigenvalue weighted by Gasteiger charge is 2.25. The molecule has 0 saturated carbocycles. The van der Waals surface area contributed by atoms with Crippen LogP contribution in [0.2, 0.25) is 0 Å². The highest BCUT2D eigenvalue weighted by Crippen LogP contribution is 2.33. The first-order valence-corrected chi connectivity index (χ1v) is 8.34. The maximum Gasteiger partial charge on any atom is 0.122 e. The number of phenolic OH excluding ortho intramolecular Hbond substituents is 1. The molecule has 0 aromatic heterocycles. The quantitative estimate of drug-likeness (QED) is 0.833. The van der Waals surface area contributed by atoms with Gasteiger partial charge in [0.05, 0.1) is 0 Å². The number of anilines is 1. The van der Waals surface area contributed by atoms with Gasteiger partial charge in [0.15, 0.2) is 0 Å². The second-order valence-electron chi connectivity index (χ2n) is 6.66. The van der Waals surface area contributed by atoms with E-state index < -0.39 is 0 Å². The zero-order valence-corrected chi connectivity index (χ0v) is 13.9. The van der Waals surface area contributed by atoms with Gasteiger partial charge in [-0.3, -0.25) is 0 Å². The molecule has 0 spiro atoms. The normalized spacial score (nSPS) is 20.2. The molecule has 21 heavy (non-hydrogen) atoms. The van der Waals surface area contributed by atoms with E-state index in [-0.39, 0.29) is 6.04 Å². The predicted molar refractivity (Wildman–Crippen MR) is 90.0 cm³/mol. The largest absolute Gasteiger partial charge is 0.508 e. The number of nitrogens with zero attached hydrogens (tertiary/aromatic N) is 1. The first-order valence-electron chi connectivity index (χ1n) is 8.34. The molecule has 1 aliphatic rings. The Kier molecular flexibility index (Phi) is 5.51. The first-order chi connectivity index (χ1) is 10.0. The molecule has 0 aliphatic carbocycles. The second-order valence-corrected chi connectivity index (χ2v) is 6.66. The molecule has 1 aliphatic heterocycles. The molecule has 0 radical (unpaired) electrons. The SMILES string of the molecule is CCCNC(C)c1ccc(N2CCC(C(C)C)C2)cc1O. The lowest BCUT2D eigenvalue weighted by Gasteiger charge is -2.22. The van der Waals surface area contributed by atoms with E-state index in [1.54, 1.807) is 0 Å². The number of hydrogen-bond donors (Lipinski definition) is 2. The summed E-state index contributed by atoms with van der Waals surface area (Å²) in [4.78, 5) is 2.40. The molecule has 3 nitrogen and oxygen atoms in total. The lowest BCUT2D eigenvalue weighted by molar-refractivity contribution is 0.422. The lowest BCUT2D eigenvalue weighted by Crippen LogP contribution is -2.22. The number of rotatable bonds is 6. The zero-order chi connectivity index (χ0) is 15.4. The van der Waals surface area contributed by atoms with Gasteiger partial charge in [-0.1, -0.05) is 26.8 Å². The summed E-state index contributed by atoms with van der Waals surface area (Å²) in [7, 11) is 0. The Labute approximate surface area is 129 Å². The maximum atomic E-state index is 10.3. The molecule has 2 rings (SSSR count). The molecule has 118 valence electrons. The van der Waals surface area contributed by atoms with Crippen LogP contribution < -0.4 is 10.2 Å². The fourth-order valence-electron chi connectivity index (χ4n) is 3.13. The van der Waals surface area contributed by atoms with Crippen molar-refractivity contribution in [3.05, 3.63) is 23.8 Å². The average Bonchev–Trinajstić information content (AvgIpc) is 2.94. The third kappa shape index (κ3) is 3.91. The Hall–Kier alpha value is -1.22. The molecule has 1 aromatic rings. The van der Waals surface area contributed by atoms with Gasteiger partial charge in [-0.15, -0.1) is 0 Å². The fraction of sp³-hybridized carbons (Fsp3) is 0.667. The van der Waals surface area contributed by atoms with E-state index in [2.05, 4.69) is 50.0 Å². The summed E-state index contributed by atoms with van der Waals surface area (Å²) in [5.74, 6) is 1.93. The van der Waals surface area contributed by atoms with E-state index in [0.717, 1.165) is 49.1 Å². The monoisotopic (exact) mass is 290 g/mol. The van der Waals surface area contributed by atoms with Gasteiger partial charge in [0.1, 0.15) is 5.75 Å². The van der Waals surface area contributed by atoms with Crippen molar-refractivity contribution < 1.29 is 5.11 Å². The van der Waals surface area contributed by atoms with Crippen molar-refractivity contribution in [3.63, 3.8) is 0 Å². The van der Waals surface area contributed by atoms with Gasteiger partial charge >= 0.3 is 0 Å². The minimum absolute atomic E-state index is 0.195. The minimum atomic E-state index is 0.195. The van der Waals surface area contributed by atoms with Crippen molar-refractivity contribution in [3.8, 4) is 5.75 Å². The van der Waals surface area contributed by atoms with Crippen molar-refractivity contribution in [1.82, 2.24) is 5.32 Å². The topological polar surface area (TPSA) is 35.5 Å². The smallest absolute Gasteiger partial charge is 0.122 e. The third-order valence-corrected chi connectivity index (χ3v) is 4.71. The maximum absolute atomic E-state index is 10.3. The van der Waals surface area contributed by atoms with Gasteiger partial charge in [-0.05, 0) is 44.2 Å². The summed E-state index contributed by atoms with van der Waals surface area (Å²) in [5.41, 5.74) is 2.15. The molecule has 0 amide bonds. The van der Waals surface area contributed by atoms with E-state index in [1.807, 2.05) is 6.07 Å². The van der Waals surface area contributed by atoms with Crippen molar-refractivity contribution in [2.75, 3.05) is 24.5 Å². The summed E-state index contributed by atoms with van der Waals surface area (Å²) in [6, 6.07) is 6.35. The van der Waals surface area contributed by atoms with E-state index in [1.165, 1.54) is 6.42 Å². The van der Waals surface area contributed by atoms with Crippen LogP contribution in [0.5, 0.6) is 5.75 Å². The van der Waals surface area contributed by atoms with Gasteiger partial charge in [-0.25, -0.2) is 0 Å². The van der Waals surface area contributed by atoms with E-state index in [0.29, 0.717) is 5.75 Å². The molecular weight excluding hydrogens is 260 g/mol. The van der Waals surface area contributed by atoms with Crippen LogP contribution in [0, 0.1) is 11.8 Å². The Bertz CT molecular complexity index is 459. The Morgan fingerprint density at radius 3 is 2.67 bits per heavy atom. The van der Waals surface area contributed by atoms with Gasteiger partial charge in [0, 0.05) is 36.4 Å². The average molecular weight is 290 g/mol. The van der Waals surface area contributed by atoms with Gasteiger partial charge in [0.2, 0.25) is 0 Å². The van der Waals surface area contributed by atoms with E-state index >= 15 is 0 Å². The molecule has 2 unspecified atom stereocenters. The second kappa shape index (κ2) is 7.17. The summed E-state index contributed by atoms with van der Waals surface area (Å²) >= 11 is 0. The molecule has 1 saturated heterocycles. The van der Waals surface area contributed by atoms with Gasteiger partial charge in [0.25, 0.3) is 0 Å². The molecule has 0 bridgehead atoms. The lowest BCUT2D eigenvalue weighted by atomic mass is 9.95. The minimum Gasteiger partial charge on any atom is -0.508 e. The van der Waals surface area contributed by atoms with E-state index in [9.17, 15) is 5.11 Å². The third-order valence-electron chi connectivity index (χ3n) is 4.71. The number of nitrogens with one attached hydrogen (secondary N) is 1. The van der Waals surface area contributed by atoms with Crippen molar-refractivity contribution in [1.29, 1.82) is 0 Å². The summed E-state index contributed by atoms with van der Waals surface area (Å²) in [5, 5.41) is 13.8. The van der Waals surface area contributed by atoms with Gasteiger partial charge < -0.3 is 15.3 Å². The molecule has 1 fully saturated rings. The molecule has 2 N–H and O–H groups in total. The van der Waals surface area contributed by atoms with Crippen LogP contribution in [-0.4, -0.2) is 24.7 Å². The summed E-state index contributed by atoms with van der Waals surface area (Å²) in [6.45, 7) is 12.1. The fourth-order valence-corrected chi connectivity index (χ4v) is 3.13. The van der Waals surface area contributed by atoms with Crippen LogP contribution in [0.15, 0.2) is 18.2 Å². The number of aromatic hydroxyl groups is 1. The van der Waals surface area contributed by atoms with Crippen LogP contribution in [-0.2, 0) is 0 Å². The Morgan fingerprint density at radius 1 is 1.33 bits per heavy atom. The Balaban J connectivity index is 2.05. The summed E-state index contributed by atoms with van der Waals surface area (Å²) in [6.07, 6.45) is 2.36. The molecule has 1 heterocycles. The molecule has 3 heteroatoms. The number of benzene rings is 1. The van der Waals surface area contributed by atoms with Crippen LogP contribution >= 0.6 is 0 Å². The first kappa shape index (κ1) is 16.2. The van der Waals surface area contributed by atoms with Crippen molar-refractivity contribution in [2.45, 2.75) is 46.6 Å². The van der Waals surface area contributed by atoms with Crippen LogP contribution in [0.4, 0.5) is 5.69 Å². The Morgan fingerprint density at radius 2 is 2.10 bits per heavy atom. The molecule has 1 aromatic carbocycles. The number of hydrogen-bond acceptors (Lipinski definition) is 3. The number of phenols is 1.